The zero-order valence-electron chi connectivity index (χ0n) is 25.8. The first-order chi connectivity index (χ1) is 20.4. The molecule has 4 rings (SSSR count). The van der Waals surface area contributed by atoms with Crippen LogP contribution in [-0.2, 0) is 10.9 Å². The number of carbonyl (C=O) groups is 2. The summed E-state index contributed by atoms with van der Waals surface area (Å²) in [5.74, 6) is 0.569. The van der Waals surface area contributed by atoms with E-state index in [4.69, 9.17) is 4.74 Å². The molecule has 2 aromatic carbocycles. The van der Waals surface area contributed by atoms with Gasteiger partial charge in [0.2, 0.25) is 0 Å². The van der Waals surface area contributed by atoms with Crippen molar-refractivity contribution < 1.29 is 27.5 Å². The van der Waals surface area contributed by atoms with Crippen molar-refractivity contribution in [1.82, 2.24) is 19.6 Å². The third-order valence-corrected chi connectivity index (χ3v) is 9.13. The zero-order valence-corrected chi connectivity index (χ0v) is 25.8. The molecule has 43 heavy (non-hydrogen) atoms. The van der Waals surface area contributed by atoms with E-state index in [2.05, 4.69) is 4.90 Å². The molecule has 10 heteroatoms. The van der Waals surface area contributed by atoms with Crippen molar-refractivity contribution in [3.05, 3.63) is 59.7 Å². The second-order valence-corrected chi connectivity index (χ2v) is 12.1. The Kier molecular flexibility index (Phi) is 11.1. The second kappa shape index (κ2) is 14.6. The number of hydrogen-bond donors (Lipinski definition) is 0. The van der Waals surface area contributed by atoms with E-state index in [0.29, 0.717) is 24.1 Å². The first-order valence-corrected chi connectivity index (χ1v) is 15.3. The normalized spacial score (nSPS) is 17.8. The molecule has 236 valence electrons. The van der Waals surface area contributed by atoms with Crippen molar-refractivity contribution in [3.8, 4) is 11.1 Å². The van der Waals surface area contributed by atoms with E-state index in [0.717, 1.165) is 82.1 Å². The van der Waals surface area contributed by atoms with Crippen molar-refractivity contribution >= 4 is 11.9 Å². The number of urea groups is 1. The lowest BCUT2D eigenvalue weighted by molar-refractivity contribution is -0.137. The fourth-order valence-electron chi connectivity index (χ4n) is 5.94. The highest BCUT2D eigenvalue weighted by Crippen LogP contribution is 2.31. The Morgan fingerprint density at radius 2 is 1.47 bits per heavy atom. The first-order valence-electron chi connectivity index (χ1n) is 15.3. The number of halogens is 3. The summed E-state index contributed by atoms with van der Waals surface area (Å²) in [7, 11) is 5.46. The molecule has 0 bridgehead atoms. The zero-order chi connectivity index (χ0) is 31.1. The minimum absolute atomic E-state index is 0.00270. The van der Waals surface area contributed by atoms with Gasteiger partial charge in [-0.1, -0.05) is 24.3 Å². The molecule has 7 nitrogen and oxygen atoms in total. The van der Waals surface area contributed by atoms with Gasteiger partial charge in [0.05, 0.1) is 5.56 Å². The number of hydrogen-bond acceptors (Lipinski definition) is 4. The topological polar surface area (TPSA) is 56.3 Å². The highest BCUT2D eigenvalue weighted by atomic mass is 19.4. The predicted molar refractivity (Wildman–Crippen MR) is 162 cm³/mol. The van der Waals surface area contributed by atoms with Gasteiger partial charge in [0.15, 0.2) is 0 Å². The smallest absolute Gasteiger partial charge is 0.381 e. The summed E-state index contributed by atoms with van der Waals surface area (Å²) in [6.07, 6.45) is 0.484. The van der Waals surface area contributed by atoms with Gasteiger partial charge in [0.25, 0.3) is 5.91 Å². The van der Waals surface area contributed by atoms with E-state index >= 15 is 0 Å². The standard InChI is InChI=1S/C33H45F3N4O3/c1-24(38(3)31(41)28-7-5-26(6-8-28)27-9-11-29(12-10-27)33(34,35)36)13-18-37(2)32(42)39(4)30-14-19-40(20-15-30)23-25-16-21-43-22-17-25/h5-12,24-25,30H,13-23H2,1-4H3. The van der Waals surface area contributed by atoms with Crippen molar-refractivity contribution in [2.24, 2.45) is 5.92 Å². The highest BCUT2D eigenvalue weighted by Gasteiger charge is 2.30. The van der Waals surface area contributed by atoms with E-state index in [1.54, 1.807) is 41.1 Å². The van der Waals surface area contributed by atoms with Gasteiger partial charge >= 0.3 is 12.2 Å². The Morgan fingerprint density at radius 3 is 2.02 bits per heavy atom. The number of rotatable bonds is 9. The Balaban J connectivity index is 1.21. The SMILES string of the molecule is CC(CCN(C)C(=O)N(C)C1CCN(CC2CCOCC2)CC1)N(C)C(=O)c1ccc(-c2ccc(C(F)(F)F)cc2)cc1. The number of nitrogens with zero attached hydrogens (tertiary/aromatic N) is 4. The summed E-state index contributed by atoms with van der Waals surface area (Å²) >= 11 is 0. The number of benzene rings is 2. The molecule has 2 aromatic rings. The van der Waals surface area contributed by atoms with Crippen molar-refractivity contribution in [1.29, 1.82) is 0 Å². The number of alkyl halides is 3. The fourth-order valence-corrected chi connectivity index (χ4v) is 5.94. The molecule has 2 aliphatic heterocycles. The van der Waals surface area contributed by atoms with Gasteiger partial charge in [-0.25, -0.2) is 4.79 Å². The van der Waals surface area contributed by atoms with E-state index in [9.17, 15) is 22.8 Å². The quantitative estimate of drug-likeness (QED) is 0.348. The third kappa shape index (κ3) is 8.72. The number of ether oxygens (including phenoxy) is 1. The lowest BCUT2D eigenvalue weighted by atomic mass is 9.97. The fraction of sp³-hybridized carbons (Fsp3) is 0.576. The molecule has 2 saturated heterocycles. The summed E-state index contributed by atoms with van der Waals surface area (Å²) in [5.41, 5.74) is 1.18. The summed E-state index contributed by atoms with van der Waals surface area (Å²) < 4.78 is 44.1. The molecule has 0 aromatic heterocycles. The van der Waals surface area contributed by atoms with Crippen LogP contribution >= 0.6 is 0 Å². The minimum Gasteiger partial charge on any atom is -0.381 e. The lowest BCUT2D eigenvalue weighted by Crippen LogP contribution is -2.50. The van der Waals surface area contributed by atoms with Crippen LogP contribution < -0.4 is 0 Å². The number of likely N-dealkylation sites (tertiary alicyclic amines) is 1. The van der Waals surface area contributed by atoms with Crippen molar-refractivity contribution in [2.75, 3.05) is 60.5 Å². The molecular weight excluding hydrogens is 557 g/mol. The van der Waals surface area contributed by atoms with Crippen LogP contribution in [0.5, 0.6) is 0 Å². The van der Waals surface area contributed by atoms with Gasteiger partial charge in [-0.2, -0.15) is 13.2 Å². The summed E-state index contributed by atoms with van der Waals surface area (Å²) in [6.45, 7) is 7.38. The van der Waals surface area contributed by atoms with Crippen LogP contribution in [0, 0.1) is 5.92 Å². The molecule has 2 heterocycles. The lowest BCUT2D eigenvalue weighted by Gasteiger charge is -2.39. The Labute approximate surface area is 253 Å². The average Bonchev–Trinajstić information content (AvgIpc) is 3.02. The maximum Gasteiger partial charge on any atom is 0.416 e. The average molecular weight is 603 g/mol. The molecule has 1 atom stereocenters. The van der Waals surface area contributed by atoms with Crippen LogP contribution in [0.25, 0.3) is 11.1 Å². The molecule has 2 aliphatic rings. The van der Waals surface area contributed by atoms with E-state index in [-0.39, 0.29) is 24.0 Å². The summed E-state index contributed by atoms with van der Waals surface area (Å²) in [5, 5.41) is 0. The van der Waals surface area contributed by atoms with Gasteiger partial charge in [0.1, 0.15) is 0 Å². The molecule has 2 fully saturated rings. The van der Waals surface area contributed by atoms with Gasteiger partial charge in [-0.3, -0.25) is 4.79 Å². The van der Waals surface area contributed by atoms with E-state index in [1.807, 2.05) is 25.9 Å². The van der Waals surface area contributed by atoms with Crippen LogP contribution in [0.2, 0.25) is 0 Å². The highest BCUT2D eigenvalue weighted by molar-refractivity contribution is 5.94. The van der Waals surface area contributed by atoms with Crippen molar-refractivity contribution in [3.63, 3.8) is 0 Å². The molecular formula is C33H45F3N4O3. The van der Waals surface area contributed by atoms with Crippen LogP contribution in [0.15, 0.2) is 48.5 Å². The minimum atomic E-state index is -4.38. The monoisotopic (exact) mass is 602 g/mol. The second-order valence-electron chi connectivity index (χ2n) is 12.1. The van der Waals surface area contributed by atoms with Gasteiger partial charge < -0.3 is 24.3 Å². The van der Waals surface area contributed by atoms with Crippen molar-refractivity contribution in [2.45, 2.75) is 57.3 Å². The Hall–Kier alpha value is -3.11. The molecule has 1 unspecified atom stereocenters. The van der Waals surface area contributed by atoms with E-state index in [1.165, 1.54) is 12.1 Å². The third-order valence-electron chi connectivity index (χ3n) is 9.13. The molecule has 0 spiro atoms. The van der Waals surface area contributed by atoms with E-state index < -0.39 is 11.7 Å². The molecule has 0 N–H and O–H groups in total. The van der Waals surface area contributed by atoms with Crippen LogP contribution in [-0.4, -0.2) is 104 Å². The molecule has 0 saturated carbocycles. The summed E-state index contributed by atoms with van der Waals surface area (Å²) in [6, 6.07) is 12.0. The van der Waals surface area contributed by atoms with Crippen LogP contribution in [0.3, 0.4) is 0 Å². The van der Waals surface area contributed by atoms with Gasteiger partial charge in [0, 0.05) is 78.2 Å². The molecule has 0 aliphatic carbocycles. The molecule has 3 amide bonds. The number of amides is 3. The maximum atomic E-state index is 13.2. The predicted octanol–water partition coefficient (Wildman–Crippen LogP) is 6.10. The summed E-state index contributed by atoms with van der Waals surface area (Å²) in [4.78, 5) is 34.1. The maximum absolute atomic E-state index is 13.2. The number of carbonyl (C=O) groups excluding carboxylic acids is 2. The van der Waals surface area contributed by atoms with Gasteiger partial charge in [-0.15, -0.1) is 0 Å². The van der Waals surface area contributed by atoms with Crippen LogP contribution in [0.4, 0.5) is 18.0 Å². The first kappa shape index (κ1) is 32.8. The Bertz CT molecular complexity index is 1190. The van der Waals surface area contributed by atoms with Crippen LogP contribution in [0.1, 0.15) is 54.9 Å². The molecule has 0 radical (unpaired) electrons. The largest absolute Gasteiger partial charge is 0.416 e. The van der Waals surface area contributed by atoms with Gasteiger partial charge in [-0.05, 0) is 80.3 Å². The number of piperidine rings is 1. The Morgan fingerprint density at radius 1 is 0.907 bits per heavy atom.